The molecule has 21 heavy (non-hydrogen) atoms. The Kier molecular flexibility index (Phi) is 4.25. The number of amides is 1. The number of aryl methyl sites for hydroxylation is 1. The molecular formula is C17H19NO2S. The molecule has 1 fully saturated rings. The van der Waals surface area contributed by atoms with Crippen molar-refractivity contribution in [3.05, 3.63) is 51.7 Å². The van der Waals surface area contributed by atoms with E-state index in [1.54, 1.807) is 0 Å². The van der Waals surface area contributed by atoms with E-state index in [2.05, 4.69) is 6.92 Å². The minimum absolute atomic E-state index is 0.166. The Bertz CT molecular complexity index is 612. The Morgan fingerprint density at radius 3 is 2.67 bits per heavy atom. The summed E-state index contributed by atoms with van der Waals surface area (Å²) in [7, 11) is 0. The highest BCUT2D eigenvalue weighted by Crippen LogP contribution is 2.21. The average molecular weight is 301 g/mol. The van der Waals surface area contributed by atoms with Crippen molar-refractivity contribution in [3.63, 3.8) is 0 Å². The Hall–Kier alpha value is -1.81. The van der Waals surface area contributed by atoms with Crippen LogP contribution in [0.5, 0.6) is 5.75 Å². The van der Waals surface area contributed by atoms with Gasteiger partial charge in [-0.25, -0.2) is 0 Å². The van der Waals surface area contributed by atoms with Gasteiger partial charge >= 0.3 is 0 Å². The minimum Gasteiger partial charge on any atom is -0.489 e. The highest BCUT2D eigenvalue weighted by Gasteiger charge is 2.20. The standard InChI is InChI=1S/C17H19NO2S/c1-13-4-6-15(7-5-13)20-11-14-10-16(21-12-14)17(19)18-8-2-3-9-18/h4-7,10,12H,2-3,8-9,11H2,1H3. The number of rotatable bonds is 4. The first kappa shape index (κ1) is 14.1. The van der Waals surface area contributed by atoms with Crippen LogP contribution in [0.25, 0.3) is 0 Å². The Morgan fingerprint density at radius 2 is 1.95 bits per heavy atom. The summed E-state index contributed by atoms with van der Waals surface area (Å²) in [6, 6.07) is 9.96. The molecule has 3 nitrogen and oxygen atoms in total. The molecule has 0 saturated carbocycles. The summed E-state index contributed by atoms with van der Waals surface area (Å²) in [5.74, 6) is 1.03. The van der Waals surface area contributed by atoms with Gasteiger partial charge in [0.1, 0.15) is 12.4 Å². The fourth-order valence-electron chi connectivity index (χ4n) is 2.44. The topological polar surface area (TPSA) is 29.5 Å². The highest BCUT2D eigenvalue weighted by atomic mass is 32.1. The van der Waals surface area contributed by atoms with Gasteiger partial charge in [-0.05, 0) is 43.3 Å². The molecule has 0 N–H and O–H groups in total. The van der Waals surface area contributed by atoms with E-state index in [-0.39, 0.29) is 5.91 Å². The van der Waals surface area contributed by atoms with E-state index in [1.165, 1.54) is 16.9 Å². The van der Waals surface area contributed by atoms with Crippen LogP contribution in [0, 0.1) is 6.92 Å². The predicted octanol–water partition coefficient (Wildman–Crippen LogP) is 3.87. The van der Waals surface area contributed by atoms with E-state index in [4.69, 9.17) is 4.74 Å². The highest BCUT2D eigenvalue weighted by molar-refractivity contribution is 7.12. The third kappa shape index (κ3) is 3.45. The quantitative estimate of drug-likeness (QED) is 0.858. The molecule has 2 aromatic rings. The zero-order chi connectivity index (χ0) is 14.7. The van der Waals surface area contributed by atoms with Crippen molar-refractivity contribution in [2.24, 2.45) is 0 Å². The van der Waals surface area contributed by atoms with E-state index in [9.17, 15) is 4.79 Å². The first-order valence-corrected chi connectivity index (χ1v) is 8.16. The van der Waals surface area contributed by atoms with Crippen LogP contribution in [-0.4, -0.2) is 23.9 Å². The van der Waals surface area contributed by atoms with Gasteiger partial charge in [0.25, 0.3) is 5.91 Å². The van der Waals surface area contributed by atoms with Gasteiger partial charge in [0.05, 0.1) is 4.88 Å². The van der Waals surface area contributed by atoms with Crippen LogP contribution < -0.4 is 4.74 Å². The van der Waals surface area contributed by atoms with Gasteiger partial charge in [-0.1, -0.05) is 17.7 Å². The molecule has 4 heteroatoms. The summed E-state index contributed by atoms with van der Waals surface area (Å²) in [6.07, 6.45) is 2.25. The molecule has 110 valence electrons. The summed E-state index contributed by atoms with van der Waals surface area (Å²) >= 11 is 1.51. The fourth-order valence-corrected chi connectivity index (χ4v) is 3.30. The molecule has 0 radical (unpaired) electrons. The number of likely N-dealkylation sites (tertiary alicyclic amines) is 1. The van der Waals surface area contributed by atoms with Gasteiger partial charge in [-0.3, -0.25) is 4.79 Å². The monoisotopic (exact) mass is 301 g/mol. The summed E-state index contributed by atoms with van der Waals surface area (Å²) < 4.78 is 5.75. The molecule has 3 rings (SSSR count). The van der Waals surface area contributed by atoms with Crippen LogP contribution in [0.2, 0.25) is 0 Å². The van der Waals surface area contributed by atoms with Crippen LogP contribution in [0.3, 0.4) is 0 Å². The predicted molar refractivity (Wildman–Crippen MR) is 85.0 cm³/mol. The number of carbonyl (C=O) groups excluding carboxylic acids is 1. The maximum absolute atomic E-state index is 12.3. The number of hydrogen-bond donors (Lipinski definition) is 0. The lowest BCUT2D eigenvalue weighted by Gasteiger charge is -2.13. The molecule has 1 amide bonds. The van der Waals surface area contributed by atoms with Gasteiger partial charge in [0, 0.05) is 18.7 Å². The molecule has 0 aliphatic carbocycles. The van der Waals surface area contributed by atoms with Crippen molar-refractivity contribution >= 4 is 17.2 Å². The van der Waals surface area contributed by atoms with Crippen LogP contribution in [-0.2, 0) is 6.61 Å². The van der Waals surface area contributed by atoms with Gasteiger partial charge in [-0.15, -0.1) is 11.3 Å². The van der Waals surface area contributed by atoms with Gasteiger partial charge in [0.2, 0.25) is 0 Å². The summed E-state index contributed by atoms with van der Waals surface area (Å²) in [5.41, 5.74) is 2.28. The van der Waals surface area contributed by atoms with Gasteiger partial charge in [0.15, 0.2) is 0 Å². The normalized spacial score (nSPS) is 14.4. The van der Waals surface area contributed by atoms with Crippen LogP contribution in [0.4, 0.5) is 0 Å². The smallest absolute Gasteiger partial charge is 0.263 e. The molecule has 1 aromatic carbocycles. The van der Waals surface area contributed by atoms with E-state index in [1.807, 2.05) is 40.6 Å². The zero-order valence-electron chi connectivity index (χ0n) is 12.2. The number of hydrogen-bond acceptors (Lipinski definition) is 3. The molecular weight excluding hydrogens is 282 g/mol. The maximum Gasteiger partial charge on any atom is 0.263 e. The van der Waals surface area contributed by atoms with Crippen LogP contribution in [0.1, 0.15) is 33.6 Å². The molecule has 2 heterocycles. The lowest BCUT2D eigenvalue weighted by molar-refractivity contribution is 0.0797. The van der Waals surface area contributed by atoms with Gasteiger partial charge < -0.3 is 9.64 Å². The number of benzene rings is 1. The second-order valence-corrected chi connectivity index (χ2v) is 6.33. The van der Waals surface area contributed by atoms with E-state index < -0.39 is 0 Å². The number of ether oxygens (including phenoxy) is 1. The molecule has 1 aliphatic rings. The zero-order valence-corrected chi connectivity index (χ0v) is 13.0. The summed E-state index contributed by atoms with van der Waals surface area (Å²) in [4.78, 5) is 15.0. The molecule has 0 spiro atoms. The second kappa shape index (κ2) is 6.31. The van der Waals surface area contributed by atoms with E-state index in [0.717, 1.165) is 42.1 Å². The number of nitrogens with zero attached hydrogens (tertiary/aromatic N) is 1. The van der Waals surface area contributed by atoms with Crippen molar-refractivity contribution in [2.75, 3.05) is 13.1 Å². The van der Waals surface area contributed by atoms with Crippen molar-refractivity contribution in [3.8, 4) is 5.75 Å². The lowest BCUT2D eigenvalue weighted by atomic mass is 10.2. The molecule has 0 unspecified atom stereocenters. The van der Waals surface area contributed by atoms with Crippen LogP contribution >= 0.6 is 11.3 Å². The van der Waals surface area contributed by atoms with Crippen LogP contribution in [0.15, 0.2) is 35.7 Å². The second-order valence-electron chi connectivity index (χ2n) is 5.42. The first-order chi connectivity index (χ1) is 10.2. The number of thiophene rings is 1. The Balaban J connectivity index is 1.59. The fraction of sp³-hybridized carbons (Fsp3) is 0.353. The molecule has 1 aromatic heterocycles. The molecule has 1 saturated heterocycles. The molecule has 1 aliphatic heterocycles. The average Bonchev–Trinajstić information content (AvgIpc) is 3.18. The molecule has 0 bridgehead atoms. The summed E-state index contributed by atoms with van der Waals surface area (Å²) in [6.45, 7) is 4.35. The largest absolute Gasteiger partial charge is 0.489 e. The minimum atomic E-state index is 0.166. The number of carbonyl (C=O) groups is 1. The maximum atomic E-state index is 12.3. The van der Waals surface area contributed by atoms with Gasteiger partial charge in [-0.2, -0.15) is 0 Å². The SMILES string of the molecule is Cc1ccc(OCc2csc(C(=O)N3CCCC3)c2)cc1. The van der Waals surface area contributed by atoms with Crippen molar-refractivity contribution in [1.82, 2.24) is 4.90 Å². The van der Waals surface area contributed by atoms with E-state index in [0.29, 0.717) is 6.61 Å². The first-order valence-electron chi connectivity index (χ1n) is 7.28. The van der Waals surface area contributed by atoms with Crippen molar-refractivity contribution < 1.29 is 9.53 Å². The summed E-state index contributed by atoms with van der Waals surface area (Å²) in [5, 5.41) is 2.01. The lowest BCUT2D eigenvalue weighted by Crippen LogP contribution is -2.26. The third-order valence-electron chi connectivity index (χ3n) is 3.68. The Labute approximate surface area is 129 Å². The molecule has 0 atom stereocenters. The van der Waals surface area contributed by atoms with Crippen molar-refractivity contribution in [2.45, 2.75) is 26.4 Å². The third-order valence-corrected chi connectivity index (χ3v) is 4.65. The van der Waals surface area contributed by atoms with Crippen molar-refractivity contribution in [1.29, 1.82) is 0 Å². The Morgan fingerprint density at radius 1 is 1.24 bits per heavy atom. The van der Waals surface area contributed by atoms with E-state index >= 15 is 0 Å².